The first kappa shape index (κ1) is 23.3. The summed E-state index contributed by atoms with van der Waals surface area (Å²) < 4.78 is 33.4. The summed E-state index contributed by atoms with van der Waals surface area (Å²) in [7, 11) is -3.81. The molecule has 1 unspecified atom stereocenters. The fraction of sp³-hybridized carbons (Fsp3) is 0.346. The molecule has 0 spiro atoms. The molecule has 8 nitrogen and oxygen atoms in total. The summed E-state index contributed by atoms with van der Waals surface area (Å²) in [6.45, 7) is 6.80. The molecule has 3 aromatic heterocycles. The molecule has 0 saturated carbocycles. The number of carbonyl (C=O) groups excluding carboxylic acids is 1. The number of piperidine rings is 1. The first-order chi connectivity index (χ1) is 16.8. The van der Waals surface area contributed by atoms with Crippen LogP contribution in [-0.4, -0.2) is 52.5 Å². The van der Waals surface area contributed by atoms with E-state index < -0.39 is 10.0 Å². The van der Waals surface area contributed by atoms with E-state index in [1.807, 2.05) is 26.8 Å². The molecule has 0 radical (unpaired) electrons. The van der Waals surface area contributed by atoms with Gasteiger partial charge in [0.1, 0.15) is 0 Å². The summed E-state index contributed by atoms with van der Waals surface area (Å²) in [5.41, 5.74) is 3.08. The first-order valence-corrected chi connectivity index (χ1v) is 13.2. The molecule has 1 aromatic carbocycles. The second-order valence-corrected chi connectivity index (χ2v) is 11.1. The quantitative estimate of drug-likeness (QED) is 0.404. The summed E-state index contributed by atoms with van der Waals surface area (Å²) >= 11 is 0. The Kier molecular flexibility index (Phi) is 5.96. The summed E-state index contributed by atoms with van der Waals surface area (Å²) in [6.07, 6.45) is 6.22. The number of likely N-dealkylation sites (tertiary alicyclic amines) is 1. The monoisotopic (exact) mass is 492 g/mol. The molecule has 1 aliphatic heterocycles. The molecule has 182 valence electrons. The third kappa shape index (κ3) is 4.25. The van der Waals surface area contributed by atoms with E-state index in [2.05, 4.69) is 9.97 Å². The van der Waals surface area contributed by atoms with Crippen LogP contribution in [0.3, 0.4) is 0 Å². The van der Waals surface area contributed by atoms with Crippen LogP contribution >= 0.6 is 0 Å². The second kappa shape index (κ2) is 8.96. The average Bonchev–Trinajstić information content (AvgIpc) is 3.29. The van der Waals surface area contributed by atoms with Gasteiger partial charge in [-0.2, -0.15) is 0 Å². The van der Waals surface area contributed by atoms with E-state index in [1.165, 1.54) is 3.97 Å². The van der Waals surface area contributed by atoms with E-state index in [9.17, 15) is 13.2 Å². The maximum Gasteiger partial charge on any atom is 0.410 e. The fourth-order valence-corrected chi connectivity index (χ4v) is 6.07. The van der Waals surface area contributed by atoms with Gasteiger partial charge >= 0.3 is 6.09 Å². The number of hydrogen-bond donors (Lipinski definition) is 0. The summed E-state index contributed by atoms with van der Waals surface area (Å²) in [6, 6.07) is 10.5. The van der Waals surface area contributed by atoms with Gasteiger partial charge < -0.3 is 9.64 Å². The smallest absolute Gasteiger partial charge is 0.410 e. The Morgan fingerprint density at radius 2 is 1.89 bits per heavy atom. The van der Waals surface area contributed by atoms with Gasteiger partial charge in [0.2, 0.25) is 0 Å². The molecule has 1 saturated heterocycles. The zero-order valence-electron chi connectivity index (χ0n) is 20.0. The van der Waals surface area contributed by atoms with Gasteiger partial charge in [-0.25, -0.2) is 22.2 Å². The number of benzene rings is 1. The molecule has 1 amide bonds. The van der Waals surface area contributed by atoms with Crippen molar-refractivity contribution >= 4 is 38.1 Å². The minimum Gasteiger partial charge on any atom is -0.447 e. The Balaban J connectivity index is 1.59. The second-order valence-electron chi connectivity index (χ2n) is 9.30. The van der Waals surface area contributed by atoms with Gasteiger partial charge in [0.15, 0.2) is 5.65 Å². The zero-order valence-corrected chi connectivity index (χ0v) is 20.8. The van der Waals surface area contributed by atoms with Crippen molar-refractivity contribution in [3.05, 3.63) is 66.1 Å². The molecule has 0 aliphatic carbocycles. The summed E-state index contributed by atoms with van der Waals surface area (Å²) in [5, 5.41) is 1.60. The highest BCUT2D eigenvalue weighted by Crippen LogP contribution is 2.36. The maximum atomic E-state index is 13.4. The summed E-state index contributed by atoms with van der Waals surface area (Å²) in [4.78, 5) is 23.5. The van der Waals surface area contributed by atoms with E-state index in [1.54, 1.807) is 53.8 Å². The van der Waals surface area contributed by atoms with E-state index in [-0.39, 0.29) is 23.0 Å². The Bertz CT molecular complexity index is 1510. The van der Waals surface area contributed by atoms with Gasteiger partial charge in [-0.3, -0.25) is 4.98 Å². The number of aryl methyl sites for hydroxylation is 1. The predicted octanol–water partition coefficient (Wildman–Crippen LogP) is 4.85. The molecular weight excluding hydrogens is 464 g/mol. The molecule has 0 bridgehead atoms. The van der Waals surface area contributed by atoms with Crippen LogP contribution in [0, 0.1) is 6.92 Å². The number of rotatable bonds is 4. The zero-order chi connectivity index (χ0) is 24.7. The number of aromatic nitrogens is 3. The lowest BCUT2D eigenvalue weighted by atomic mass is 9.88. The van der Waals surface area contributed by atoms with Crippen LogP contribution in [0.5, 0.6) is 0 Å². The molecule has 1 fully saturated rings. The van der Waals surface area contributed by atoms with Gasteiger partial charge in [-0.1, -0.05) is 17.7 Å². The largest absolute Gasteiger partial charge is 0.447 e. The van der Waals surface area contributed by atoms with Gasteiger partial charge in [0.05, 0.1) is 22.7 Å². The van der Waals surface area contributed by atoms with Crippen molar-refractivity contribution in [3.63, 3.8) is 0 Å². The standard InChI is InChI=1S/C26H28N4O4S/c1-17(2)34-26(31)29-13-4-5-19(16-29)21-10-12-27-23-15-28-25-22(24(21)23)11-14-30(25)35(32,33)20-8-6-18(3)7-9-20/h6-12,14-15,17,19H,4-5,13,16H2,1-3H3. The normalized spacial score (nSPS) is 16.8. The molecule has 4 aromatic rings. The van der Waals surface area contributed by atoms with Crippen LogP contribution in [-0.2, 0) is 14.8 Å². The Hall–Kier alpha value is -3.46. The van der Waals surface area contributed by atoms with Crippen LogP contribution in [0.2, 0.25) is 0 Å². The van der Waals surface area contributed by atoms with Gasteiger partial charge in [0, 0.05) is 42.2 Å². The topological polar surface area (TPSA) is 94.4 Å². The van der Waals surface area contributed by atoms with Crippen molar-refractivity contribution in [2.24, 2.45) is 0 Å². The lowest BCUT2D eigenvalue weighted by Gasteiger charge is -2.33. The lowest BCUT2D eigenvalue weighted by molar-refractivity contribution is 0.0682. The molecule has 35 heavy (non-hydrogen) atoms. The van der Waals surface area contributed by atoms with Gasteiger partial charge in [-0.15, -0.1) is 0 Å². The van der Waals surface area contributed by atoms with E-state index in [0.29, 0.717) is 24.3 Å². The number of hydrogen-bond acceptors (Lipinski definition) is 6. The highest BCUT2D eigenvalue weighted by atomic mass is 32.2. The number of nitrogens with zero attached hydrogens (tertiary/aromatic N) is 4. The molecule has 1 atom stereocenters. The van der Waals surface area contributed by atoms with E-state index >= 15 is 0 Å². The van der Waals surface area contributed by atoms with Crippen molar-refractivity contribution in [2.75, 3.05) is 13.1 Å². The highest BCUT2D eigenvalue weighted by molar-refractivity contribution is 7.90. The molecule has 1 aliphatic rings. The summed E-state index contributed by atoms with van der Waals surface area (Å²) in [5.74, 6) is 0.0802. The Morgan fingerprint density at radius 1 is 1.11 bits per heavy atom. The van der Waals surface area contributed by atoms with Crippen molar-refractivity contribution in [1.82, 2.24) is 18.8 Å². The maximum absolute atomic E-state index is 13.4. The Labute approximate surface area is 204 Å². The van der Waals surface area contributed by atoms with Gasteiger partial charge in [0.25, 0.3) is 10.0 Å². The number of pyridine rings is 2. The van der Waals surface area contributed by atoms with Crippen molar-refractivity contribution < 1.29 is 17.9 Å². The molecule has 5 rings (SSSR count). The lowest BCUT2D eigenvalue weighted by Crippen LogP contribution is -2.40. The highest BCUT2D eigenvalue weighted by Gasteiger charge is 2.29. The van der Waals surface area contributed by atoms with Crippen molar-refractivity contribution in [2.45, 2.75) is 50.5 Å². The molecule has 9 heteroatoms. The number of ether oxygens (including phenoxy) is 1. The van der Waals surface area contributed by atoms with Crippen LogP contribution in [0.4, 0.5) is 4.79 Å². The number of fused-ring (bicyclic) bond motifs is 3. The minimum absolute atomic E-state index is 0.0802. The predicted molar refractivity (Wildman–Crippen MR) is 134 cm³/mol. The minimum atomic E-state index is -3.81. The van der Waals surface area contributed by atoms with Crippen LogP contribution in [0.15, 0.2) is 59.9 Å². The van der Waals surface area contributed by atoms with Crippen molar-refractivity contribution in [3.8, 4) is 0 Å². The SMILES string of the molecule is Cc1ccc(S(=O)(=O)n2ccc3c4c(C5CCCN(C(=O)OC(C)C)C5)ccnc4cnc32)cc1. The molecule has 4 heterocycles. The average molecular weight is 493 g/mol. The fourth-order valence-electron chi connectivity index (χ4n) is 4.77. The van der Waals surface area contributed by atoms with Gasteiger partial charge in [-0.05, 0) is 63.4 Å². The molecule has 0 N–H and O–H groups in total. The van der Waals surface area contributed by atoms with Crippen LogP contribution in [0.25, 0.3) is 21.9 Å². The molecular formula is C26H28N4O4S. The van der Waals surface area contributed by atoms with Crippen LogP contribution < -0.4 is 0 Å². The van der Waals surface area contributed by atoms with Crippen LogP contribution in [0.1, 0.15) is 43.7 Å². The van der Waals surface area contributed by atoms with Crippen molar-refractivity contribution in [1.29, 1.82) is 0 Å². The first-order valence-electron chi connectivity index (χ1n) is 11.8. The third-order valence-electron chi connectivity index (χ3n) is 6.45. The van der Waals surface area contributed by atoms with E-state index in [0.717, 1.165) is 34.7 Å². The van der Waals surface area contributed by atoms with E-state index in [4.69, 9.17) is 4.74 Å². The number of amides is 1. The number of carbonyl (C=O) groups is 1. The Morgan fingerprint density at radius 3 is 2.63 bits per heavy atom. The third-order valence-corrected chi connectivity index (χ3v) is 8.13.